The lowest BCUT2D eigenvalue weighted by Gasteiger charge is -2.00. The Labute approximate surface area is 93.0 Å². The fraction of sp³-hybridized carbons (Fsp3) is 0. The van der Waals surface area contributed by atoms with Crippen LogP contribution in [0.2, 0.25) is 0 Å². The van der Waals surface area contributed by atoms with Crippen LogP contribution in [0.5, 0.6) is 5.88 Å². The Bertz CT molecular complexity index is 509. The summed E-state index contributed by atoms with van der Waals surface area (Å²) in [7, 11) is 0. The molecular formula is C12H12N2O2. The molecular weight excluding hydrogens is 204 g/mol. The third kappa shape index (κ3) is 2.57. The molecule has 2 aromatic rings. The van der Waals surface area contributed by atoms with Gasteiger partial charge in [-0.15, -0.1) is 0 Å². The third-order valence-electron chi connectivity index (χ3n) is 1.95. The van der Waals surface area contributed by atoms with Gasteiger partial charge in [0.15, 0.2) is 0 Å². The van der Waals surface area contributed by atoms with Gasteiger partial charge in [-0.05, 0) is 12.1 Å². The van der Waals surface area contributed by atoms with Crippen molar-refractivity contribution in [3.8, 4) is 5.88 Å². The molecule has 1 aromatic heterocycles. The Morgan fingerprint density at radius 2 is 2.00 bits per heavy atom. The molecule has 16 heavy (non-hydrogen) atoms. The van der Waals surface area contributed by atoms with Gasteiger partial charge in [-0.25, -0.2) is 4.98 Å². The van der Waals surface area contributed by atoms with Gasteiger partial charge in [0.25, 0.3) is 0 Å². The lowest BCUT2D eigenvalue weighted by Crippen LogP contribution is -1.82. The highest BCUT2D eigenvalue weighted by atomic mass is 16.3. The van der Waals surface area contributed by atoms with E-state index in [1.165, 1.54) is 0 Å². The van der Waals surface area contributed by atoms with E-state index in [4.69, 9.17) is 4.79 Å². The number of amides is 1. The van der Waals surface area contributed by atoms with Gasteiger partial charge in [-0.1, -0.05) is 30.9 Å². The standard InChI is InChI=1S/C11H9NO.CH3NO/c1-2-8-7-9-5-3-4-6-10(9)12-11(8)13;2-1-3/h2-7H,1H2,(H,12,13);1H,(H2,2,3). The van der Waals surface area contributed by atoms with Crippen LogP contribution in [0.15, 0.2) is 36.9 Å². The molecule has 0 spiro atoms. The first-order valence-corrected chi connectivity index (χ1v) is 4.59. The van der Waals surface area contributed by atoms with Crippen LogP contribution in [-0.2, 0) is 4.79 Å². The molecule has 0 atom stereocenters. The molecule has 4 nitrogen and oxygen atoms in total. The summed E-state index contributed by atoms with van der Waals surface area (Å²) in [4.78, 5) is 12.6. The van der Waals surface area contributed by atoms with Gasteiger partial charge in [-0.2, -0.15) is 0 Å². The number of nitrogens with zero attached hydrogens (tertiary/aromatic N) is 1. The van der Waals surface area contributed by atoms with Crippen molar-refractivity contribution in [3.05, 3.63) is 42.5 Å². The van der Waals surface area contributed by atoms with Crippen molar-refractivity contribution >= 4 is 23.4 Å². The smallest absolute Gasteiger partial charge is 0.218 e. The number of aromatic hydroxyl groups is 1. The molecule has 1 aromatic carbocycles. The Kier molecular flexibility index (Phi) is 4.03. The van der Waals surface area contributed by atoms with E-state index < -0.39 is 0 Å². The van der Waals surface area contributed by atoms with E-state index in [-0.39, 0.29) is 12.3 Å². The highest BCUT2D eigenvalue weighted by Crippen LogP contribution is 2.21. The molecule has 0 bridgehead atoms. The molecule has 0 radical (unpaired) electrons. The monoisotopic (exact) mass is 216 g/mol. The van der Waals surface area contributed by atoms with E-state index in [0.717, 1.165) is 10.9 Å². The predicted octanol–water partition coefficient (Wildman–Crippen LogP) is 1.68. The van der Waals surface area contributed by atoms with E-state index in [2.05, 4.69) is 17.3 Å². The second-order valence-corrected chi connectivity index (χ2v) is 2.93. The third-order valence-corrected chi connectivity index (χ3v) is 1.95. The molecule has 4 heteroatoms. The van der Waals surface area contributed by atoms with E-state index in [9.17, 15) is 5.11 Å². The van der Waals surface area contributed by atoms with Gasteiger partial charge in [0, 0.05) is 10.9 Å². The molecule has 0 aliphatic heterocycles. The molecule has 1 amide bonds. The van der Waals surface area contributed by atoms with Crippen LogP contribution >= 0.6 is 0 Å². The van der Waals surface area contributed by atoms with Crippen molar-refractivity contribution < 1.29 is 9.90 Å². The molecule has 3 N–H and O–H groups in total. The number of hydrogen-bond donors (Lipinski definition) is 2. The molecule has 2 rings (SSSR count). The number of hydrogen-bond acceptors (Lipinski definition) is 3. The van der Waals surface area contributed by atoms with Crippen molar-refractivity contribution in [2.75, 3.05) is 0 Å². The van der Waals surface area contributed by atoms with Gasteiger partial charge in [0.2, 0.25) is 12.3 Å². The quantitative estimate of drug-likeness (QED) is 0.712. The maximum atomic E-state index is 9.43. The van der Waals surface area contributed by atoms with Gasteiger partial charge in [0.1, 0.15) is 0 Å². The molecule has 0 aliphatic rings. The number of fused-ring (bicyclic) bond motifs is 1. The van der Waals surface area contributed by atoms with Crippen molar-refractivity contribution in [2.45, 2.75) is 0 Å². The molecule has 0 aliphatic carbocycles. The topological polar surface area (TPSA) is 76.2 Å². The summed E-state index contributed by atoms with van der Waals surface area (Å²) in [6, 6.07) is 9.51. The van der Waals surface area contributed by atoms with Crippen molar-refractivity contribution in [1.82, 2.24) is 4.98 Å². The maximum absolute atomic E-state index is 9.43. The second-order valence-electron chi connectivity index (χ2n) is 2.93. The zero-order valence-corrected chi connectivity index (χ0v) is 8.63. The fourth-order valence-corrected chi connectivity index (χ4v) is 1.27. The summed E-state index contributed by atoms with van der Waals surface area (Å²) in [5.41, 5.74) is 5.63. The number of rotatable bonds is 1. The van der Waals surface area contributed by atoms with Crippen LogP contribution in [0.1, 0.15) is 5.56 Å². The number of aromatic nitrogens is 1. The Morgan fingerprint density at radius 1 is 1.38 bits per heavy atom. The summed E-state index contributed by atoms with van der Waals surface area (Å²) in [6.45, 7) is 3.60. The largest absolute Gasteiger partial charge is 0.493 e. The summed E-state index contributed by atoms with van der Waals surface area (Å²) in [5.74, 6) is 0.0358. The van der Waals surface area contributed by atoms with Crippen LogP contribution in [0, 0.1) is 0 Å². The number of para-hydroxylation sites is 1. The average Bonchev–Trinajstić information content (AvgIpc) is 2.29. The minimum absolute atomic E-state index is 0.0358. The van der Waals surface area contributed by atoms with Crippen molar-refractivity contribution in [1.29, 1.82) is 0 Å². The van der Waals surface area contributed by atoms with Crippen LogP contribution in [0.4, 0.5) is 0 Å². The summed E-state index contributed by atoms with van der Waals surface area (Å²) >= 11 is 0. The van der Waals surface area contributed by atoms with E-state index in [1.807, 2.05) is 30.3 Å². The molecule has 0 saturated carbocycles. The highest BCUT2D eigenvalue weighted by Gasteiger charge is 2.00. The molecule has 0 saturated heterocycles. The first-order chi connectivity index (χ1) is 7.72. The van der Waals surface area contributed by atoms with Crippen LogP contribution in [0.25, 0.3) is 17.0 Å². The Hall–Kier alpha value is -2.36. The van der Waals surface area contributed by atoms with Crippen molar-refractivity contribution in [3.63, 3.8) is 0 Å². The van der Waals surface area contributed by atoms with Crippen molar-refractivity contribution in [2.24, 2.45) is 5.73 Å². The van der Waals surface area contributed by atoms with E-state index in [0.29, 0.717) is 5.56 Å². The molecule has 82 valence electrons. The number of carbonyl (C=O) groups is 1. The summed E-state index contributed by atoms with van der Waals surface area (Å²) in [6.07, 6.45) is 1.84. The zero-order chi connectivity index (χ0) is 12.0. The minimum atomic E-state index is 0.0358. The average molecular weight is 216 g/mol. The zero-order valence-electron chi connectivity index (χ0n) is 8.63. The summed E-state index contributed by atoms with van der Waals surface area (Å²) < 4.78 is 0. The fourth-order valence-electron chi connectivity index (χ4n) is 1.27. The second kappa shape index (κ2) is 5.50. The first kappa shape index (κ1) is 11.7. The first-order valence-electron chi connectivity index (χ1n) is 4.59. The normalized spacial score (nSPS) is 9.00. The number of pyridine rings is 1. The number of nitrogens with two attached hydrogens (primary N) is 1. The van der Waals surface area contributed by atoms with E-state index >= 15 is 0 Å². The van der Waals surface area contributed by atoms with Crippen LogP contribution in [-0.4, -0.2) is 16.5 Å². The molecule has 1 heterocycles. The Morgan fingerprint density at radius 3 is 2.62 bits per heavy atom. The number of primary amides is 1. The number of benzene rings is 1. The summed E-state index contributed by atoms with van der Waals surface area (Å²) in [5, 5.41) is 10.4. The van der Waals surface area contributed by atoms with Gasteiger partial charge >= 0.3 is 0 Å². The van der Waals surface area contributed by atoms with Gasteiger partial charge in [0.05, 0.1) is 5.52 Å². The lowest BCUT2D eigenvalue weighted by atomic mass is 10.1. The maximum Gasteiger partial charge on any atom is 0.218 e. The lowest BCUT2D eigenvalue weighted by molar-refractivity contribution is -0.106. The molecule has 0 unspecified atom stereocenters. The van der Waals surface area contributed by atoms with E-state index in [1.54, 1.807) is 6.08 Å². The van der Waals surface area contributed by atoms with Crippen LogP contribution < -0.4 is 5.73 Å². The molecule has 0 fully saturated rings. The van der Waals surface area contributed by atoms with Gasteiger partial charge in [-0.3, -0.25) is 4.79 Å². The SMILES string of the molecule is C=Cc1cc2ccccc2nc1O.NC=O. The van der Waals surface area contributed by atoms with Crippen LogP contribution in [0.3, 0.4) is 0 Å². The minimum Gasteiger partial charge on any atom is -0.493 e. The van der Waals surface area contributed by atoms with Gasteiger partial charge < -0.3 is 10.8 Å². The Balaban J connectivity index is 0.000000386. The predicted molar refractivity (Wildman–Crippen MR) is 63.8 cm³/mol. The highest BCUT2D eigenvalue weighted by molar-refractivity contribution is 5.82. The number of carbonyl (C=O) groups excluding carboxylic acids is 1.